The van der Waals surface area contributed by atoms with Crippen LogP contribution in [-0.2, 0) is 4.79 Å². The number of ether oxygens (including phenoxy) is 1. The molecular formula is C17H21NO2. The Hall–Kier alpha value is -1.77. The van der Waals surface area contributed by atoms with E-state index >= 15 is 0 Å². The Morgan fingerprint density at radius 2 is 2.15 bits per heavy atom. The zero-order chi connectivity index (χ0) is 14.1. The predicted molar refractivity (Wildman–Crippen MR) is 78.7 cm³/mol. The van der Waals surface area contributed by atoms with Crippen molar-refractivity contribution >= 4 is 5.91 Å². The summed E-state index contributed by atoms with van der Waals surface area (Å²) in [5, 5.41) is 3.10. The van der Waals surface area contributed by atoms with Crippen molar-refractivity contribution < 1.29 is 9.53 Å². The highest BCUT2D eigenvalue weighted by Gasteiger charge is 2.36. The van der Waals surface area contributed by atoms with Crippen LogP contribution in [0.1, 0.15) is 24.0 Å². The number of carbonyl (C=O) groups is 1. The van der Waals surface area contributed by atoms with Gasteiger partial charge in [0.2, 0.25) is 0 Å². The molecule has 1 fully saturated rings. The molecule has 2 aliphatic carbocycles. The van der Waals surface area contributed by atoms with E-state index in [0.717, 1.165) is 17.7 Å². The summed E-state index contributed by atoms with van der Waals surface area (Å²) in [5.41, 5.74) is 2.27. The first-order valence-electron chi connectivity index (χ1n) is 7.29. The maximum absolute atomic E-state index is 12.0. The zero-order valence-electron chi connectivity index (χ0n) is 12.1. The van der Waals surface area contributed by atoms with Crippen LogP contribution in [0.25, 0.3) is 0 Å². The number of benzene rings is 1. The van der Waals surface area contributed by atoms with Gasteiger partial charge in [0.25, 0.3) is 5.91 Å². The first-order valence-corrected chi connectivity index (χ1v) is 7.29. The maximum Gasteiger partial charge on any atom is 0.258 e. The van der Waals surface area contributed by atoms with Crippen LogP contribution in [-0.4, -0.2) is 18.6 Å². The number of hydrogen-bond acceptors (Lipinski definition) is 2. The summed E-state index contributed by atoms with van der Waals surface area (Å²) in [5.74, 6) is 1.98. The molecule has 1 N–H and O–H groups in total. The third-order valence-electron chi connectivity index (χ3n) is 4.31. The van der Waals surface area contributed by atoms with E-state index in [1.165, 1.54) is 12.0 Å². The van der Waals surface area contributed by atoms with Gasteiger partial charge < -0.3 is 10.1 Å². The summed E-state index contributed by atoms with van der Waals surface area (Å²) in [6.45, 7) is 4.15. The molecule has 3 atom stereocenters. The standard InChI is InChI=1S/C17H21NO2/c1-11-3-6-16(12(2)7-11)20-10-17(19)18-15-9-13-4-5-14(15)8-13/h3-7,13-15H,8-10H2,1-2H3,(H,18,19). The molecule has 1 aromatic rings. The molecule has 0 aliphatic heterocycles. The fourth-order valence-corrected chi connectivity index (χ4v) is 3.30. The van der Waals surface area contributed by atoms with Crippen LogP contribution in [0.15, 0.2) is 30.4 Å². The number of rotatable bonds is 4. The monoisotopic (exact) mass is 271 g/mol. The number of nitrogens with one attached hydrogen (secondary N) is 1. The normalized spacial score (nSPS) is 26.8. The number of carbonyl (C=O) groups excluding carboxylic acids is 1. The van der Waals surface area contributed by atoms with Gasteiger partial charge in [0.15, 0.2) is 6.61 Å². The molecule has 3 rings (SSSR count). The van der Waals surface area contributed by atoms with Crippen LogP contribution in [0.5, 0.6) is 5.75 Å². The first kappa shape index (κ1) is 13.2. The second-order valence-electron chi connectivity index (χ2n) is 6.01. The van der Waals surface area contributed by atoms with Crippen LogP contribution < -0.4 is 10.1 Å². The summed E-state index contributed by atoms with van der Waals surface area (Å²) in [4.78, 5) is 12.0. The van der Waals surface area contributed by atoms with Crippen molar-refractivity contribution in [2.24, 2.45) is 11.8 Å². The molecular weight excluding hydrogens is 250 g/mol. The van der Waals surface area contributed by atoms with Crippen LogP contribution >= 0.6 is 0 Å². The summed E-state index contributed by atoms with van der Waals surface area (Å²) in [6, 6.07) is 6.30. The van der Waals surface area contributed by atoms with Crippen molar-refractivity contribution in [3.8, 4) is 5.75 Å². The highest BCUT2D eigenvalue weighted by atomic mass is 16.5. The van der Waals surface area contributed by atoms with Crippen molar-refractivity contribution in [3.05, 3.63) is 41.5 Å². The minimum atomic E-state index is -0.0177. The molecule has 1 saturated carbocycles. The van der Waals surface area contributed by atoms with E-state index in [1.807, 2.05) is 26.0 Å². The average Bonchev–Trinajstić information content (AvgIpc) is 3.00. The van der Waals surface area contributed by atoms with E-state index in [2.05, 4.69) is 23.5 Å². The molecule has 0 radical (unpaired) electrons. The number of allylic oxidation sites excluding steroid dienone is 1. The van der Waals surface area contributed by atoms with Crippen molar-refractivity contribution in [3.63, 3.8) is 0 Å². The second-order valence-corrected chi connectivity index (χ2v) is 6.01. The summed E-state index contributed by atoms with van der Waals surface area (Å²) in [6.07, 6.45) is 6.79. The van der Waals surface area contributed by atoms with Gasteiger partial charge >= 0.3 is 0 Å². The molecule has 0 spiro atoms. The number of aryl methyl sites for hydroxylation is 2. The minimum absolute atomic E-state index is 0.0177. The molecule has 3 nitrogen and oxygen atoms in total. The first-order chi connectivity index (χ1) is 9.61. The number of amides is 1. The fourth-order valence-electron chi connectivity index (χ4n) is 3.30. The van der Waals surface area contributed by atoms with Gasteiger partial charge in [-0.3, -0.25) is 4.79 Å². The summed E-state index contributed by atoms with van der Waals surface area (Å²) < 4.78 is 5.61. The highest BCUT2D eigenvalue weighted by molar-refractivity contribution is 5.78. The Kier molecular flexibility index (Phi) is 3.51. The lowest BCUT2D eigenvalue weighted by molar-refractivity contribution is -0.124. The van der Waals surface area contributed by atoms with Crippen LogP contribution in [0.3, 0.4) is 0 Å². The Bertz CT molecular complexity index is 550. The Morgan fingerprint density at radius 1 is 1.30 bits per heavy atom. The van der Waals surface area contributed by atoms with Gasteiger partial charge in [0, 0.05) is 6.04 Å². The van der Waals surface area contributed by atoms with Gasteiger partial charge in [-0.1, -0.05) is 29.8 Å². The van der Waals surface area contributed by atoms with E-state index in [0.29, 0.717) is 17.9 Å². The van der Waals surface area contributed by atoms with Gasteiger partial charge in [0.1, 0.15) is 5.75 Å². The average molecular weight is 271 g/mol. The summed E-state index contributed by atoms with van der Waals surface area (Å²) in [7, 11) is 0. The van der Waals surface area contributed by atoms with E-state index in [4.69, 9.17) is 4.74 Å². The lowest BCUT2D eigenvalue weighted by Gasteiger charge is -2.20. The Labute approximate surface area is 120 Å². The largest absolute Gasteiger partial charge is 0.484 e. The van der Waals surface area contributed by atoms with E-state index < -0.39 is 0 Å². The fraction of sp³-hybridized carbons (Fsp3) is 0.471. The quantitative estimate of drug-likeness (QED) is 0.855. The van der Waals surface area contributed by atoms with Crippen molar-refractivity contribution in [1.29, 1.82) is 0 Å². The van der Waals surface area contributed by atoms with Gasteiger partial charge in [0.05, 0.1) is 0 Å². The van der Waals surface area contributed by atoms with E-state index in [-0.39, 0.29) is 12.5 Å². The summed E-state index contributed by atoms with van der Waals surface area (Å²) >= 11 is 0. The third-order valence-corrected chi connectivity index (χ3v) is 4.31. The van der Waals surface area contributed by atoms with Crippen LogP contribution in [0.4, 0.5) is 0 Å². The SMILES string of the molecule is Cc1ccc(OCC(=O)NC2CC3C=CC2C3)c(C)c1. The van der Waals surface area contributed by atoms with Gasteiger partial charge in [-0.2, -0.15) is 0 Å². The van der Waals surface area contributed by atoms with Gasteiger partial charge in [-0.25, -0.2) is 0 Å². The van der Waals surface area contributed by atoms with E-state index in [1.54, 1.807) is 0 Å². The predicted octanol–water partition coefficient (Wildman–Crippen LogP) is 2.76. The molecule has 0 heterocycles. The molecule has 0 saturated heterocycles. The zero-order valence-corrected chi connectivity index (χ0v) is 12.1. The van der Waals surface area contributed by atoms with Crippen molar-refractivity contribution in [2.75, 3.05) is 6.61 Å². The topological polar surface area (TPSA) is 38.3 Å². The van der Waals surface area contributed by atoms with Crippen LogP contribution in [0, 0.1) is 25.7 Å². The van der Waals surface area contributed by atoms with Crippen molar-refractivity contribution in [2.45, 2.75) is 32.7 Å². The number of fused-ring (bicyclic) bond motifs is 2. The molecule has 0 aromatic heterocycles. The molecule has 3 heteroatoms. The molecule has 20 heavy (non-hydrogen) atoms. The van der Waals surface area contributed by atoms with Crippen LogP contribution in [0.2, 0.25) is 0 Å². The van der Waals surface area contributed by atoms with Gasteiger partial charge in [-0.15, -0.1) is 0 Å². The molecule has 106 valence electrons. The second kappa shape index (κ2) is 5.31. The molecule has 2 aliphatic rings. The molecule has 2 bridgehead atoms. The number of hydrogen-bond donors (Lipinski definition) is 1. The van der Waals surface area contributed by atoms with E-state index in [9.17, 15) is 4.79 Å². The lowest BCUT2D eigenvalue weighted by Crippen LogP contribution is -2.40. The van der Waals surface area contributed by atoms with Gasteiger partial charge in [-0.05, 0) is 50.2 Å². The molecule has 1 aromatic carbocycles. The minimum Gasteiger partial charge on any atom is -0.484 e. The molecule has 1 amide bonds. The maximum atomic E-state index is 12.0. The molecule has 3 unspecified atom stereocenters. The highest BCUT2D eigenvalue weighted by Crippen LogP contribution is 2.38. The smallest absolute Gasteiger partial charge is 0.258 e. The lowest BCUT2D eigenvalue weighted by atomic mass is 10.0. The third kappa shape index (κ3) is 2.72. The Morgan fingerprint density at radius 3 is 2.80 bits per heavy atom. The Balaban J connectivity index is 1.51. The van der Waals surface area contributed by atoms with Crippen molar-refractivity contribution in [1.82, 2.24) is 5.32 Å².